The molecule has 0 fully saturated rings. The van der Waals surface area contributed by atoms with E-state index in [1.165, 1.54) is 5.56 Å². The van der Waals surface area contributed by atoms with Crippen molar-refractivity contribution in [1.82, 2.24) is 10.2 Å². The molecule has 2 aromatic rings. The second kappa shape index (κ2) is 8.15. The fraction of sp³-hybridized carbons (Fsp3) is 0.333. The van der Waals surface area contributed by atoms with Crippen molar-refractivity contribution in [2.45, 2.75) is 31.8 Å². The number of rotatable bonds is 6. The SMILES string of the molecule is C[C@@H](CNC(=O)CN1Cc2ccccc2C[C@@H]1C(N)=O)c1ccccc1. The third-order valence-electron chi connectivity index (χ3n) is 5.00. The molecule has 136 valence electrons. The average molecular weight is 351 g/mol. The lowest BCUT2D eigenvalue weighted by Crippen LogP contribution is -2.51. The third kappa shape index (κ3) is 4.29. The molecule has 0 spiro atoms. The van der Waals surface area contributed by atoms with E-state index in [0.717, 1.165) is 11.1 Å². The Bertz CT molecular complexity index is 776. The number of nitrogens with zero attached hydrogens (tertiary/aromatic N) is 1. The maximum Gasteiger partial charge on any atom is 0.235 e. The van der Waals surface area contributed by atoms with E-state index in [9.17, 15) is 9.59 Å². The summed E-state index contributed by atoms with van der Waals surface area (Å²) in [6.45, 7) is 3.38. The number of fused-ring (bicyclic) bond motifs is 1. The largest absolute Gasteiger partial charge is 0.368 e. The first-order valence-corrected chi connectivity index (χ1v) is 8.96. The summed E-state index contributed by atoms with van der Waals surface area (Å²) in [5, 5.41) is 2.98. The van der Waals surface area contributed by atoms with Crippen LogP contribution in [0.25, 0.3) is 0 Å². The van der Waals surface area contributed by atoms with Crippen LogP contribution in [0.15, 0.2) is 54.6 Å². The van der Waals surface area contributed by atoms with Crippen molar-refractivity contribution >= 4 is 11.8 Å². The van der Waals surface area contributed by atoms with Crippen LogP contribution in [0.1, 0.15) is 29.5 Å². The second-order valence-electron chi connectivity index (χ2n) is 6.91. The van der Waals surface area contributed by atoms with Crippen molar-refractivity contribution in [1.29, 1.82) is 0 Å². The van der Waals surface area contributed by atoms with E-state index >= 15 is 0 Å². The summed E-state index contributed by atoms with van der Waals surface area (Å²) in [5.74, 6) is -0.238. The van der Waals surface area contributed by atoms with Crippen molar-refractivity contribution in [3.8, 4) is 0 Å². The Balaban J connectivity index is 1.60. The smallest absolute Gasteiger partial charge is 0.235 e. The third-order valence-corrected chi connectivity index (χ3v) is 5.00. The van der Waals surface area contributed by atoms with Crippen molar-refractivity contribution in [3.05, 3.63) is 71.3 Å². The van der Waals surface area contributed by atoms with E-state index in [2.05, 4.69) is 24.4 Å². The molecule has 5 heteroatoms. The van der Waals surface area contributed by atoms with Gasteiger partial charge in [0, 0.05) is 13.1 Å². The van der Waals surface area contributed by atoms with Crippen LogP contribution >= 0.6 is 0 Å². The van der Waals surface area contributed by atoms with Gasteiger partial charge in [-0.05, 0) is 29.0 Å². The van der Waals surface area contributed by atoms with Gasteiger partial charge in [0.1, 0.15) is 0 Å². The molecule has 1 aliphatic rings. The van der Waals surface area contributed by atoms with E-state index in [1.807, 2.05) is 47.4 Å². The lowest BCUT2D eigenvalue weighted by molar-refractivity contribution is -0.127. The molecule has 26 heavy (non-hydrogen) atoms. The first kappa shape index (κ1) is 18.1. The van der Waals surface area contributed by atoms with Crippen LogP contribution < -0.4 is 11.1 Å². The standard InChI is InChI=1S/C21H25N3O2/c1-15(16-7-3-2-4-8-16)12-23-20(25)14-24-13-18-10-6-5-9-17(18)11-19(24)21(22)26/h2-10,15,19H,11-14H2,1H3,(H2,22,26)(H,23,25)/t15-,19+/m0/s1. The minimum absolute atomic E-state index is 0.0848. The zero-order valence-electron chi connectivity index (χ0n) is 15.0. The van der Waals surface area contributed by atoms with Crippen LogP contribution in [0.5, 0.6) is 0 Å². The summed E-state index contributed by atoms with van der Waals surface area (Å²) in [5.41, 5.74) is 9.04. The molecule has 0 aromatic heterocycles. The molecule has 0 saturated heterocycles. The molecule has 0 unspecified atom stereocenters. The minimum Gasteiger partial charge on any atom is -0.368 e. The number of carbonyl (C=O) groups is 2. The topological polar surface area (TPSA) is 75.4 Å². The Morgan fingerprint density at radius 3 is 2.46 bits per heavy atom. The Morgan fingerprint density at radius 1 is 1.12 bits per heavy atom. The van der Waals surface area contributed by atoms with Gasteiger partial charge in [0.15, 0.2) is 0 Å². The molecule has 3 rings (SSSR count). The number of benzene rings is 2. The molecule has 1 aliphatic heterocycles. The summed E-state index contributed by atoms with van der Waals surface area (Å²) >= 11 is 0. The first-order chi connectivity index (χ1) is 12.5. The summed E-state index contributed by atoms with van der Waals surface area (Å²) in [7, 11) is 0. The Kier molecular flexibility index (Phi) is 5.68. The second-order valence-corrected chi connectivity index (χ2v) is 6.91. The number of hydrogen-bond donors (Lipinski definition) is 2. The molecule has 3 N–H and O–H groups in total. The zero-order chi connectivity index (χ0) is 18.5. The lowest BCUT2D eigenvalue weighted by atomic mass is 9.93. The van der Waals surface area contributed by atoms with E-state index in [-0.39, 0.29) is 24.3 Å². The zero-order valence-corrected chi connectivity index (χ0v) is 15.0. The quantitative estimate of drug-likeness (QED) is 0.833. The van der Waals surface area contributed by atoms with Crippen molar-refractivity contribution in [2.24, 2.45) is 5.73 Å². The molecule has 0 bridgehead atoms. The normalized spacial score (nSPS) is 18.0. The molecule has 0 aliphatic carbocycles. The summed E-state index contributed by atoms with van der Waals surface area (Å²) < 4.78 is 0. The number of nitrogens with two attached hydrogens (primary N) is 1. The molecule has 2 aromatic carbocycles. The summed E-state index contributed by atoms with van der Waals surface area (Å²) in [4.78, 5) is 26.1. The molecular formula is C21H25N3O2. The van der Waals surface area contributed by atoms with Gasteiger partial charge >= 0.3 is 0 Å². The highest BCUT2D eigenvalue weighted by atomic mass is 16.2. The van der Waals surface area contributed by atoms with Crippen LogP contribution in [0, 0.1) is 0 Å². The maximum atomic E-state index is 12.4. The highest BCUT2D eigenvalue weighted by molar-refractivity contribution is 5.83. The Labute approximate surface area is 154 Å². The number of nitrogens with one attached hydrogen (secondary N) is 1. The van der Waals surface area contributed by atoms with Crippen LogP contribution in [0.3, 0.4) is 0 Å². The van der Waals surface area contributed by atoms with Crippen molar-refractivity contribution in [3.63, 3.8) is 0 Å². The van der Waals surface area contributed by atoms with Crippen LogP contribution in [0.2, 0.25) is 0 Å². The monoisotopic (exact) mass is 351 g/mol. The molecule has 1 heterocycles. The minimum atomic E-state index is -0.442. The highest BCUT2D eigenvalue weighted by Crippen LogP contribution is 2.23. The van der Waals surface area contributed by atoms with Gasteiger partial charge in [-0.1, -0.05) is 61.5 Å². The number of amides is 2. The predicted octanol–water partition coefficient (Wildman–Crippen LogP) is 1.82. The van der Waals surface area contributed by atoms with E-state index in [0.29, 0.717) is 19.5 Å². The van der Waals surface area contributed by atoms with Crippen molar-refractivity contribution in [2.75, 3.05) is 13.1 Å². The Hall–Kier alpha value is -2.66. The van der Waals surface area contributed by atoms with E-state index in [1.54, 1.807) is 0 Å². The number of primary amides is 1. The Morgan fingerprint density at radius 2 is 1.77 bits per heavy atom. The molecular weight excluding hydrogens is 326 g/mol. The molecule has 0 saturated carbocycles. The molecule has 2 atom stereocenters. The molecule has 0 radical (unpaired) electrons. The summed E-state index contributed by atoms with van der Waals surface area (Å²) in [6, 6.07) is 17.6. The van der Waals surface area contributed by atoms with Crippen molar-refractivity contribution < 1.29 is 9.59 Å². The van der Waals surface area contributed by atoms with Crippen LogP contribution in [-0.2, 0) is 22.6 Å². The predicted molar refractivity (Wildman–Crippen MR) is 101 cm³/mol. The summed E-state index contributed by atoms with van der Waals surface area (Å²) in [6.07, 6.45) is 0.555. The van der Waals surface area contributed by atoms with E-state index in [4.69, 9.17) is 5.73 Å². The van der Waals surface area contributed by atoms with Gasteiger partial charge in [0.25, 0.3) is 0 Å². The van der Waals surface area contributed by atoms with E-state index < -0.39 is 6.04 Å². The van der Waals surface area contributed by atoms with Gasteiger partial charge in [-0.2, -0.15) is 0 Å². The molecule has 5 nitrogen and oxygen atoms in total. The van der Waals surface area contributed by atoms with Gasteiger partial charge in [0.2, 0.25) is 11.8 Å². The number of carbonyl (C=O) groups excluding carboxylic acids is 2. The lowest BCUT2D eigenvalue weighted by Gasteiger charge is -2.34. The molecule has 2 amide bonds. The fourth-order valence-electron chi connectivity index (χ4n) is 3.43. The first-order valence-electron chi connectivity index (χ1n) is 8.96. The van der Waals surface area contributed by atoms with Gasteiger partial charge < -0.3 is 11.1 Å². The van der Waals surface area contributed by atoms with Crippen LogP contribution in [-0.4, -0.2) is 35.8 Å². The van der Waals surface area contributed by atoms with Gasteiger partial charge in [-0.15, -0.1) is 0 Å². The number of hydrogen-bond acceptors (Lipinski definition) is 3. The fourth-order valence-corrected chi connectivity index (χ4v) is 3.43. The highest BCUT2D eigenvalue weighted by Gasteiger charge is 2.31. The van der Waals surface area contributed by atoms with Gasteiger partial charge in [0.05, 0.1) is 12.6 Å². The van der Waals surface area contributed by atoms with Gasteiger partial charge in [-0.25, -0.2) is 0 Å². The maximum absolute atomic E-state index is 12.4. The average Bonchev–Trinajstić information content (AvgIpc) is 2.66. The van der Waals surface area contributed by atoms with Gasteiger partial charge in [-0.3, -0.25) is 14.5 Å². The van der Waals surface area contributed by atoms with Crippen LogP contribution in [0.4, 0.5) is 0 Å².